The smallest absolute Gasteiger partial charge is 0.253 e. The molecule has 0 unspecified atom stereocenters. The third kappa shape index (κ3) is 3.01. The number of amides is 1. The second-order valence-corrected chi connectivity index (χ2v) is 5.71. The summed E-state index contributed by atoms with van der Waals surface area (Å²) in [5, 5.41) is 1.03. The second kappa shape index (κ2) is 6.08. The van der Waals surface area contributed by atoms with Gasteiger partial charge < -0.3 is 9.47 Å². The maximum atomic E-state index is 12.2. The van der Waals surface area contributed by atoms with Crippen molar-refractivity contribution in [2.24, 2.45) is 0 Å². The van der Waals surface area contributed by atoms with E-state index in [0.717, 1.165) is 16.5 Å². The summed E-state index contributed by atoms with van der Waals surface area (Å²) >= 11 is 0. The normalized spacial score (nSPS) is 10.7. The van der Waals surface area contributed by atoms with Crippen LogP contribution in [0, 0.1) is 0 Å². The van der Waals surface area contributed by atoms with Crippen LogP contribution in [-0.4, -0.2) is 29.5 Å². The number of pyridine rings is 1. The minimum Gasteiger partial charge on any atom is -0.345 e. The van der Waals surface area contributed by atoms with Crippen molar-refractivity contribution in [1.29, 1.82) is 0 Å². The third-order valence-corrected chi connectivity index (χ3v) is 3.85. The van der Waals surface area contributed by atoms with E-state index in [9.17, 15) is 9.59 Å². The SMILES string of the molecule is CN(C)C(=O)c1ccc(Cn2c(=O)ccc3ccccc32)cc1. The number of nitrogens with zero attached hydrogens (tertiary/aromatic N) is 2. The van der Waals surface area contributed by atoms with Crippen LogP contribution in [0.15, 0.2) is 65.5 Å². The molecule has 116 valence electrons. The molecule has 4 heteroatoms. The molecule has 0 N–H and O–H groups in total. The molecule has 3 rings (SSSR count). The summed E-state index contributed by atoms with van der Waals surface area (Å²) in [6.07, 6.45) is 0. The van der Waals surface area contributed by atoms with Crippen LogP contribution in [0.1, 0.15) is 15.9 Å². The fourth-order valence-corrected chi connectivity index (χ4v) is 2.60. The highest BCUT2D eigenvalue weighted by atomic mass is 16.2. The number of aromatic nitrogens is 1. The van der Waals surface area contributed by atoms with Crippen molar-refractivity contribution < 1.29 is 4.79 Å². The van der Waals surface area contributed by atoms with E-state index in [1.807, 2.05) is 42.5 Å². The minimum absolute atomic E-state index is 0.0288. The van der Waals surface area contributed by atoms with E-state index >= 15 is 0 Å². The molecule has 0 aliphatic rings. The Bertz CT molecular complexity index is 909. The summed E-state index contributed by atoms with van der Waals surface area (Å²) in [5.41, 5.74) is 2.51. The van der Waals surface area contributed by atoms with Gasteiger partial charge in [0, 0.05) is 25.7 Å². The Hall–Kier alpha value is -2.88. The molecule has 0 radical (unpaired) electrons. The van der Waals surface area contributed by atoms with E-state index in [0.29, 0.717) is 12.1 Å². The molecule has 0 spiro atoms. The van der Waals surface area contributed by atoms with Gasteiger partial charge in [0.15, 0.2) is 0 Å². The molecule has 1 heterocycles. The van der Waals surface area contributed by atoms with E-state index < -0.39 is 0 Å². The van der Waals surface area contributed by atoms with E-state index in [4.69, 9.17) is 0 Å². The average Bonchev–Trinajstić information content (AvgIpc) is 2.57. The first-order valence-electron chi connectivity index (χ1n) is 7.45. The summed E-state index contributed by atoms with van der Waals surface area (Å²) < 4.78 is 1.75. The largest absolute Gasteiger partial charge is 0.345 e. The summed E-state index contributed by atoms with van der Waals surface area (Å²) in [4.78, 5) is 25.7. The van der Waals surface area contributed by atoms with Gasteiger partial charge in [-0.05, 0) is 35.2 Å². The zero-order valence-corrected chi connectivity index (χ0v) is 13.2. The van der Waals surface area contributed by atoms with Crippen LogP contribution in [0.5, 0.6) is 0 Å². The predicted molar refractivity (Wildman–Crippen MR) is 91.8 cm³/mol. The van der Waals surface area contributed by atoms with Gasteiger partial charge in [-0.3, -0.25) is 9.59 Å². The van der Waals surface area contributed by atoms with Crippen LogP contribution in [0.2, 0.25) is 0 Å². The summed E-state index contributed by atoms with van der Waals surface area (Å²) in [6.45, 7) is 0.483. The fraction of sp³-hybridized carbons (Fsp3) is 0.158. The molecule has 2 aromatic carbocycles. The number of benzene rings is 2. The van der Waals surface area contributed by atoms with Crippen molar-refractivity contribution in [3.8, 4) is 0 Å². The highest BCUT2D eigenvalue weighted by Gasteiger charge is 2.08. The standard InChI is InChI=1S/C19H18N2O2/c1-20(2)19(23)16-9-7-14(8-10-16)13-21-17-6-4-3-5-15(17)11-12-18(21)22/h3-12H,13H2,1-2H3. The number of hydrogen-bond donors (Lipinski definition) is 0. The van der Waals surface area contributed by atoms with E-state index in [1.54, 1.807) is 41.8 Å². The van der Waals surface area contributed by atoms with Gasteiger partial charge in [0.1, 0.15) is 0 Å². The number of hydrogen-bond acceptors (Lipinski definition) is 2. The first-order chi connectivity index (χ1) is 11.1. The van der Waals surface area contributed by atoms with Crippen LogP contribution in [0.3, 0.4) is 0 Å². The topological polar surface area (TPSA) is 42.3 Å². The number of rotatable bonds is 3. The van der Waals surface area contributed by atoms with Gasteiger partial charge in [-0.2, -0.15) is 0 Å². The van der Waals surface area contributed by atoms with Gasteiger partial charge in [0.05, 0.1) is 12.1 Å². The predicted octanol–water partition coefficient (Wildman–Crippen LogP) is 2.75. The Morgan fingerprint density at radius 1 is 0.957 bits per heavy atom. The lowest BCUT2D eigenvalue weighted by atomic mass is 10.1. The zero-order chi connectivity index (χ0) is 16.4. The molecule has 0 saturated heterocycles. The van der Waals surface area contributed by atoms with E-state index in [2.05, 4.69) is 0 Å². The number of fused-ring (bicyclic) bond motifs is 1. The molecule has 0 fully saturated rings. The van der Waals surface area contributed by atoms with Gasteiger partial charge in [0.2, 0.25) is 0 Å². The Morgan fingerprint density at radius 3 is 2.35 bits per heavy atom. The van der Waals surface area contributed by atoms with Crippen LogP contribution in [0.4, 0.5) is 0 Å². The highest BCUT2D eigenvalue weighted by Crippen LogP contribution is 2.13. The van der Waals surface area contributed by atoms with Crippen LogP contribution >= 0.6 is 0 Å². The molecule has 0 atom stereocenters. The molecule has 4 nitrogen and oxygen atoms in total. The maximum Gasteiger partial charge on any atom is 0.253 e. The van der Waals surface area contributed by atoms with Crippen molar-refractivity contribution in [2.45, 2.75) is 6.54 Å². The summed E-state index contributed by atoms with van der Waals surface area (Å²) in [7, 11) is 3.46. The second-order valence-electron chi connectivity index (χ2n) is 5.71. The molecule has 3 aromatic rings. The summed E-state index contributed by atoms with van der Waals surface area (Å²) in [5.74, 6) is -0.0288. The Balaban J connectivity index is 1.95. The number of para-hydroxylation sites is 1. The van der Waals surface area contributed by atoms with Crippen molar-refractivity contribution in [2.75, 3.05) is 14.1 Å². The first kappa shape index (κ1) is 15.0. The van der Waals surface area contributed by atoms with Gasteiger partial charge in [-0.25, -0.2) is 0 Å². The lowest BCUT2D eigenvalue weighted by molar-refractivity contribution is 0.0827. The molecular weight excluding hydrogens is 288 g/mol. The van der Waals surface area contributed by atoms with Crippen LogP contribution in [0.25, 0.3) is 10.9 Å². The minimum atomic E-state index is -0.0304. The molecule has 0 aliphatic heterocycles. The Kier molecular flexibility index (Phi) is 3.98. The highest BCUT2D eigenvalue weighted by molar-refractivity contribution is 5.93. The molecule has 0 bridgehead atoms. The molecule has 0 aliphatic carbocycles. The molecule has 1 aromatic heterocycles. The first-order valence-corrected chi connectivity index (χ1v) is 7.45. The molecule has 1 amide bonds. The lowest BCUT2D eigenvalue weighted by Crippen LogP contribution is -2.22. The van der Waals surface area contributed by atoms with Gasteiger partial charge in [-0.1, -0.05) is 30.3 Å². The van der Waals surface area contributed by atoms with Crippen molar-refractivity contribution >= 4 is 16.8 Å². The third-order valence-electron chi connectivity index (χ3n) is 3.85. The monoisotopic (exact) mass is 306 g/mol. The number of carbonyl (C=O) groups excluding carboxylic acids is 1. The van der Waals surface area contributed by atoms with E-state index in [-0.39, 0.29) is 11.5 Å². The van der Waals surface area contributed by atoms with Crippen molar-refractivity contribution in [3.63, 3.8) is 0 Å². The summed E-state index contributed by atoms with van der Waals surface area (Å²) in [6, 6.07) is 18.6. The van der Waals surface area contributed by atoms with E-state index in [1.165, 1.54) is 0 Å². The zero-order valence-electron chi connectivity index (χ0n) is 13.2. The van der Waals surface area contributed by atoms with Gasteiger partial charge in [-0.15, -0.1) is 0 Å². The van der Waals surface area contributed by atoms with Crippen LogP contribution < -0.4 is 5.56 Å². The quantitative estimate of drug-likeness (QED) is 0.746. The fourth-order valence-electron chi connectivity index (χ4n) is 2.60. The average molecular weight is 306 g/mol. The lowest BCUT2D eigenvalue weighted by Gasteiger charge is -2.12. The Labute approximate surface area is 134 Å². The Morgan fingerprint density at radius 2 is 1.65 bits per heavy atom. The van der Waals surface area contributed by atoms with Crippen molar-refractivity contribution in [3.05, 3.63) is 82.1 Å². The molecule has 23 heavy (non-hydrogen) atoms. The van der Waals surface area contributed by atoms with Crippen LogP contribution in [-0.2, 0) is 6.54 Å². The molecular formula is C19H18N2O2. The molecule has 0 saturated carbocycles. The van der Waals surface area contributed by atoms with Gasteiger partial charge in [0.25, 0.3) is 11.5 Å². The van der Waals surface area contributed by atoms with Crippen molar-refractivity contribution in [1.82, 2.24) is 9.47 Å². The maximum absolute atomic E-state index is 12.2. The number of carbonyl (C=O) groups is 1. The van der Waals surface area contributed by atoms with Gasteiger partial charge >= 0.3 is 0 Å².